The highest BCUT2D eigenvalue weighted by Crippen LogP contribution is 2.27. The molecule has 0 saturated heterocycles. The van der Waals surface area contributed by atoms with E-state index >= 15 is 0 Å². The fourth-order valence-corrected chi connectivity index (χ4v) is 2.62. The summed E-state index contributed by atoms with van der Waals surface area (Å²) in [7, 11) is 0. The quantitative estimate of drug-likeness (QED) is 0.876. The van der Waals surface area contributed by atoms with Gasteiger partial charge in [-0.05, 0) is 37.1 Å². The molecule has 2 unspecified atom stereocenters. The number of aryl methyl sites for hydroxylation is 1. The maximum Gasteiger partial charge on any atom is 0.123 e. The average molecular weight is 271 g/mol. The number of hydrogen-bond acceptors (Lipinski definition) is 3. The smallest absolute Gasteiger partial charge is 0.123 e. The van der Waals surface area contributed by atoms with Gasteiger partial charge in [-0.3, -0.25) is 0 Å². The van der Waals surface area contributed by atoms with Crippen molar-refractivity contribution in [1.82, 2.24) is 5.32 Å². The van der Waals surface area contributed by atoms with E-state index in [0.29, 0.717) is 6.04 Å². The number of benzene rings is 1. The molecular weight excluding hydrogens is 250 g/mol. The van der Waals surface area contributed by atoms with Gasteiger partial charge in [0.15, 0.2) is 0 Å². The third-order valence-corrected chi connectivity index (χ3v) is 3.81. The van der Waals surface area contributed by atoms with Crippen LogP contribution in [0.15, 0.2) is 47.1 Å². The van der Waals surface area contributed by atoms with Gasteiger partial charge in [0, 0.05) is 25.4 Å². The fraction of sp³-hybridized carbons (Fsp3) is 0.412. The van der Waals surface area contributed by atoms with Crippen molar-refractivity contribution >= 4 is 0 Å². The van der Waals surface area contributed by atoms with Gasteiger partial charge in [0.25, 0.3) is 0 Å². The summed E-state index contributed by atoms with van der Waals surface area (Å²) in [5.41, 5.74) is 1.32. The summed E-state index contributed by atoms with van der Waals surface area (Å²) in [5, 5.41) is 3.56. The number of ether oxygens (including phenoxy) is 1. The second kappa shape index (κ2) is 6.14. The molecule has 1 aromatic carbocycles. The van der Waals surface area contributed by atoms with Crippen molar-refractivity contribution < 1.29 is 9.15 Å². The molecule has 3 rings (SSSR count). The molecule has 0 bridgehead atoms. The summed E-state index contributed by atoms with van der Waals surface area (Å²) in [5.74, 6) is 2.10. The molecule has 1 aromatic heterocycles. The standard InChI is InChI=1S/C17H21NO2/c1-13(8-9-15-6-4-10-19-15)18-12-16-11-14-5-2-3-7-17(14)20-16/h2-7,10,13,16,18H,8-9,11-12H2,1H3. The van der Waals surface area contributed by atoms with E-state index in [0.717, 1.165) is 37.3 Å². The van der Waals surface area contributed by atoms with E-state index in [9.17, 15) is 0 Å². The summed E-state index contributed by atoms with van der Waals surface area (Å²) in [4.78, 5) is 0. The number of hydrogen-bond donors (Lipinski definition) is 1. The van der Waals surface area contributed by atoms with Crippen LogP contribution < -0.4 is 10.1 Å². The van der Waals surface area contributed by atoms with Gasteiger partial charge in [-0.15, -0.1) is 0 Å². The zero-order valence-electron chi connectivity index (χ0n) is 11.8. The van der Waals surface area contributed by atoms with Crippen LogP contribution in [0.25, 0.3) is 0 Å². The van der Waals surface area contributed by atoms with E-state index in [2.05, 4.69) is 30.4 Å². The number of fused-ring (bicyclic) bond motifs is 1. The van der Waals surface area contributed by atoms with Crippen LogP contribution in [0.5, 0.6) is 5.75 Å². The highest BCUT2D eigenvalue weighted by Gasteiger charge is 2.22. The third kappa shape index (κ3) is 3.23. The predicted molar refractivity (Wildman–Crippen MR) is 79.1 cm³/mol. The Bertz CT molecular complexity index is 511. The van der Waals surface area contributed by atoms with Crippen molar-refractivity contribution in [1.29, 1.82) is 0 Å². The van der Waals surface area contributed by atoms with Crippen LogP contribution >= 0.6 is 0 Å². The molecule has 2 heterocycles. The second-order valence-electron chi connectivity index (χ2n) is 5.48. The van der Waals surface area contributed by atoms with Crippen LogP contribution in [-0.2, 0) is 12.8 Å². The van der Waals surface area contributed by atoms with Crippen molar-refractivity contribution in [3.63, 3.8) is 0 Å². The summed E-state index contributed by atoms with van der Waals surface area (Å²) < 4.78 is 11.3. The second-order valence-corrected chi connectivity index (χ2v) is 5.48. The van der Waals surface area contributed by atoms with Gasteiger partial charge in [-0.2, -0.15) is 0 Å². The topological polar surface area (TPSA) is 34.4 Å². The molecule has 2 atom stereocenters. The van der Waals surface area contributed by atoms with Crippen LogP contribution in [0, 0.1) is 0 Å². The summed E-state index contributed by atoms with van der Waals surface area (Å²) in [6.07, 6.45) is 5.06. The molecular formula is C17H21NO2. The van der Waals surface area contributed by atoms with Gasteiger partial charge in [0.1, 0.15) is 17.6 Å². The highest BCUT2D eigenvalue weighted by molar-refractivity contribution is 5.37. The molecule has 0 radical (unpaired) electrons. The van der Waals surface area contributed by atoms with E-state index in [1.54, 1.807) is 6.26 Å². The monoisotopic (exact) mass is 271 g/mol. The van der Waals surface area contributed by atoms with Gasteiger partial charge in [-0.25, -0.2) is 0 Å². The number of para-hydroxylation sites is 1. The third-order valence-electron chi connectivity index (χ3n) is 3.81. The maximum absolute atomic E-state index is 5.93. The molecule has 1 aliphatic heterocycles. The molecule has 106 valence electrons. The van der Waals surface area contributed by atoms with E-state index in [4.69, 9.17) is 9.15 Å². The Hall–Kier alpha value is -1.74. The molecule has 1 N–H and O–H groups in total. The first kappa shape index (κ1) is 13.3. The van der Waals surface area contributed by atoms with Crippen LogP contribution in [0.1, 0.15) is 24.7 Å². The van der Waals surface area contributed by atoms with Crippen LogP contribution in [0.4, 0.5) is 0 Å². The molecule has 0 saturated carbocycles. The number of rotatable bonds is 6. The lowest BCUT2D eigenvalue weighted by Crippen LogP contribution is -2.36. The summed E-state index contributed by atoms with van der Waals surface area (Å²) >= 11 is 0. The maximum atomic E-state index is 5.93. The molecule has 2 aromatic rings. The van der Waals surface area contributed by atoms with Gasteiger partial charge in [-0.1, -0.05) is 18.2 Å². The Morgan fingerprint density at radius 2 is 2.15 bits per heavy atom. The SMILES string of the molecule is CC(CCc1ccco1)NCC1Cc2ccccc2O1. The van der Waals surface area contributed by atoms with Crippen LogP contribution in [0.3, 0.4) is 0 Å². The Morgan fingerprint density at radius 3 is 2.95 bits per heavy atom. The Kier molecular flexibility index (Phi) is 4.07. The first-order valence-corrected chi connectivity index (χ1v) is 7.31. The molecule has 20 heavy (non-hydrogen) atoms. The molecule has 0 aliphatic carbocycles. The minimum atomic E-state index is 0.262. The zero-order chi connectivity index (χ0) is 13.8. The lowest BCUT2D eigenvalue weighted by atomic mass is 10.1. The van der Waals surface area contributed by atoms with Crippen LogP contribution in [-0.4, -0.2) is 18.7 Å². The van der Waals surface area contributed by atoms with Crippen LogP contribution in [0.2, 0.25) is 0 Å². The molecule has 0 spiro atoms. The number of nitrogens with one attached hydrogen (secondary N) is 1. The van der Waals surface area contributed by atoms with Gasteiger partial charge in [0.2, 0.25) is 0 Å². The summed E-state index contributed by atoms with van der Waals surface area (Å²) in [6, 6.07) is 12.7. The minimum absolute atomic E-state index is 0.262. The van der Waals surface area contributed by atoms with Gasteiger partial charge in [0.05, 0.1) is 6.26 Å². The van der Waals surface area contributed by atoms with Crippen molar-refractivity contribution in [3.05, 3.63) is 54.0 Å². The first-order valence-electron chi connectivity index (χ1n) is 7.31. The van der Waals surface area contributed by atoms with Crippen molar-refractivity contribution in [2.45, 2.75) is 38.3 Å². The minimum Gasteiger partial charge on any atom is -0.488 e. The Morgan fingerprint density at radius 1 is 1.25 bits per heavy atom. The molecule has 3 heteroatoms. The highest BCUT2D eigenvalue weighted by atomic mass is 16.5. The van der Waals surface area contributed by atoms with Crippen molar-refractivity contribution in [3.8, 4) is 5.75 Å². The number of furan rings is 1. The lowest BCUT2D eigenvalue weighted by Gasteiger charge is -2.17. The molecule has 0 fully saturated rings. The molecule has 3 nitrogen and oxygen atoms in total. The normalized spacial score (nSPS) is 18.6. The molecule has 0 amide bonds. The largest absolute Gasteiger partial charge is 0.488 e. The van der Waals surface area contributed by atoms with Gasteiger partial charge < -0.3 is 14.5 Å². The van der Waals surface area contributed by atoms with E-state index < -0.39 is 0 Å². The van der Waals surface area contributed by atoms with Crippen molar-refractivity contribution in [2.24, 2.45) is 0 Å². The van der Waals surface area contributed by atoms with E-state index in [-0.39, 0.29) is 6.10 Å². The average Bonchev–Trinajstić information content (AvgIpc) is 3.11. The Labute approximate surface area is 119 Å². The lowest BCUT2D eigenvalue weighted by molar-refractivity contribution is 0.221. The zero-order valence-corrected chi connectivity index (χ0v) is 11.8. The van der Waals surface area contributed by atoms with Crippen molar-refractivity contribution in [2.75, 3.05) is 6.54 Å². The molecule has 1 aliphatic rings. The van der Waals surface area contributed by atoms with E-state index in [1.165, 1.54) is 5.56 Å². The Balaban J connectivity index is 1.40. The predicted octanol–water partition coefficient (Wildman–Crippen LogP) is 3.19. The summed E-state index contributed by atoms with van der Waals surface area (Å²) in [6.45, 7) is 3.11. The van der Waals surface area contributed by atoms with E-state index in [1.807, 2.05) is 18.2 Å². The van der Waals surface area contributed by atoms with Gasteiger partial charge >= 0.3 is 0 Å². The first-order chi connectivity index (χ1) is 9.81. The fourth-order valence-electron chi connectivity index (χ4n) is 2.62.